The quantitative estimate of drug-likeness (QED) is 0.618. The van der Waals surface area contributed by atoms with E-state index in [1.165, 1.54) is 0 Å². The van der Waals surface area contributed by atoms with E-state index in [2.05, 4.69) is 15.7 Å². The van der Waals surface area contributed by atoms with E-state index in [1.54, 1.807) is 48.5 Å². The van der Waals surface area contributed by atoms with E-state index in [4.69, 9.17) is 4.74 Å². The number of nitrogens with zero attached hydrogens (tertiary/aromatic N) is 2. The van der Waals surface area contributed by atoms with Gasteiger partial charge in [0.25, 0.3) is 11.8 Å². The number of esters is 1. The number of hydrogen-bond acceptors (Lipinski definition) is 6. The average molecular weight is 437 g/mol. The zero-order valence-electron chi connectivity index (χ0n) is 18.6. The van der Waals surface area contributed by atoms with Crippen molar-refractivity contribution >= 4 is 34.9 Å². The van der Waals surface area contributed by atoms with Crippen molar-refractivity contribution in [1.82, 2.24) is 5.32 Å². The smallest absolute Gasteiger partial charge is 0.338 e. The summed E-state index contributed by atoms with van der Waals surface area (Å²) >= 11 is 0. The molecule has 2 aromatic rings. The molecule has 0 aliphatic carbocycles. The normalized spacial score (nSPS) is 13.0. The molecule has 32 heavy (non-hydrogen) atoms. The van der Waals surface area contributed by atoms with Crippen LogP contribution in [0.15, 0.2) is 53.6 Å². The summed E-state index contributed by atoms with van der Waals surface area (Å²) in [6, 6.07) is 13.6. The average Bonchev–Trinajstić information content (AvgIpc) is 3.22. The van der Waals surface area contributed by atoms with Gasteiger partial charge in [0.05, 0.1) is 22.5 Å². The molecular formula is C24H28N4O4. The summed E-state index contributed by atoms with van der Waals surface area (Å²) in [5.74, 6) is -1.10. The third kappa shape index (κ3) is 6.16. The van der Waals surface area contributed by atoms with Crippen LogP contribution in [0.1, 0.15) is 47.9 Å². The van der Waals surface area contributed by atoms with Crippen LogP contribution in [-0.4, -0.2) is 43.2 Å². The maximum absolute atomic E-state index is 12.4. The highest BCUT2D eigenvalue weighted by molar-refractivity contribution is 6.04. The fourth-order valence-corrected chi connectivity index (χ4v) is 3.11. The Morgan fingerprint density at radius 1 is 1.09 bits per heavy atom. The molecule has 1 aliphatic rings. The van der Waals surface area contributed by atoms with E-state index >= 15 is 0 Å². The molecule has 2 N–H and O–H groups in total. The summed E-state index contributed by atoms with van der Waals surface area (Å²) in [7, 11) is 0. The van der Waals surface area contributed by atoms with Gasteiger partial charge in [-0.1, -0.05) is 26.0 Å². The van der Waals surface area contributed by atoms with Crippen molar-refractivity contribution in [3.8, 4) is 0 Å². The largest absolute Gasteiger partial charge is 0.452 e. The fraction of sp³-hybridized carbons (Fsp3) is 0.333. The zero-order chi connectivity index (χ0) is 23.1. The second-order valence-corrected chi connectivity index (χ2v) is 8.03. The van der Waals surface area contributed by atoms with Crippen LogP contribution < -0.4 is 15.6 Å². The van der Waals surface area contributed by atoms with Gasteiger partial charge in [0.2, 0.25) is 0 Å². The Kier molecular flexibility index (Phi) is 7.59. The molecule has 8 heteroatoms. The van der Waals surface area contributed by atoms with Crippen LogP contribution in [0, 0.1) is 5.92 Å². The molecule has 1 aliphatic heterocycles. The first-order valence-corrected chi connectivity index (χ1v) is 10.6. The lowest BCUT2D eigenvalue weighted by Gasteiger charge is -2.14. The number of anilines is 2. The van der Waals surface area contributed by atoms with Crippen molar-refractivity contribution in [2.24, 2.45) is 11.0 Å². The minimum atomic E-state index is -0.601. The SMILES string of the molecule is CC1=NN(c2ccc(C(=O)OCC(=O)Nc3ccccc3C(=O)NCC(C)C)cc2)CC1. The highest BCUT2D eigenvalue weighted by Crippen LogP contribution is 2.20. The number of carbonyl (C=O) groups excluding carboxylic acids is 3. The van der Waals surface area contributed by atoms with Crippen LogP contribution in [0.3, 0.4) is 0 Å². The van der Waals surface area contributed by atoms with Crippen LogP contribution in [0.5, 0.6) is 0 Å². The predicted octanol–water partition coefficient (Wildman–Crippen LogP) is 3.45. The first-order valence-electron chi connectivity index (χ1n) is 10.6. The summed E-state index contributed by atoms with van der Waals surface area (Å²) in [6.45, 7) is 6.85. The van der Waals surface area contributed by atoms with Crippen molar-refractivity contribution < 1.29 is 19.1 Å². The van der Waals surface area contributed by atoms with E-state index in [0.717, 1.165) is 24.4 Å². The van der Waals surface area contributed by atoms with Gasteiger partial charge in [-0.2, -0.15) is 5.10 Å². The summed E-state index contributed by atoms with van der Waals surface area (Å²) in [6.07, 6.45) is 0.918. The molecule has 0 spiro atoms. The molecule has 0 atom stereocenters. The molecule has 3 rings (SSSR count). The molecule has 0 saturated carbocycles. The van der Waals surface area contributed by atoms with Crippen molar-refractivity contribution in [3.63, 3.8) is 0 Å². The molecule has 2 aromatic carbocycles. The van der Waals surface area contributed by atoms with Gasteiger partial charge in [0.1, 0.15) is 0 Å². The molecule has 0 radical (unpaired) electrons. The molecule has 2 amide bonds. The first kappa shape index (κ1) is 23.0. The second-order valence-electron chi connectivity index (χ2n) is 8.03. The molecule has 8 nitrogen and oxygen atoms in total. The predicted molar refractivity (Wildman–Crippen MR) is 124 cm³/mol. The highest BCUT2D eigenvalue weighted by atomic mass is 16.5. The minimum absolute atomic E-state index is 0.274. The molecular weight excluding hydrogens is 408 g/mol. The second kappa shape index (κ2) is 10.6. The summed E-state index contributed by atoms with van der Waals surface area (Å²) in [5, 5.41) is 11.8. The van der Waals surface area contributed by atoms with E-state index in [-0.39, 0.29) is 5.91 Å². The standard InChI is InChI=1S/C24H28N4O4/c1-16(2)14-25-23(30)20-6-4-5-7-21(20)26-22(29)15-32-24(31)18-8-10-19(11-9-18)28-13-12-17(3)27-28/h4-11,16H,12-15H2,1-3H3,(H,25,30)(H,26,29). The van der Waals surface area contributed by atoms with Gasteiger partial charge in [-0.25, -0.2) is 4.79 Å². The summed E-state index contributed by atoms with van der Waals surface area (Å²) in [4.78, 5) is 37.0. The molecule has 1 heterocycles. The van der Waals surface area contributed by atoms with Crippen LogP contribution in [0.25, 0.3) is 0 Å². The Balaban J connectivity index is 1.54. The Morgan fingerprint density at radius 2 is 1.81 bits per heavy atom. The van der Waals surface area contributed by atoms with Gasteiger partial charge in [-0.15, -0.1) is 0 Å². The molecule has 0 fully saturated rings. The monoisotopic (exact) mass is 436 g/mol. The number of hydrazone groups is 1. The topological polar surface area (TPSA) is 100 Å². The lowest BCUT2D eigenvalue weighted by molar-refractivity contribution is -0.119. The number of hydrogen-bond donors (Lipinski definition) is 2. The summed E-state index contributed by atoms with van der Waals surface area (Å²) in [5.41, 5.74) is 3.01. The lowest BCUT2D eigenvalue weighted by atomic mass is 10.1. The van der Waals surface area contributed by atoms with Crippen molar-refractivity contribution in [2.45, 2.75) is 27.2 Å². The van der Waals surface area contributed by atoms with Crippen molar-refractivity contribution in [1.29, 1.82) is 0 Å². The van der Waals surface area contributed by atoms with Gasteiger partial charge in [-0.05, 0) is 49.2 Å². The number of rotatable bonds is 8. The Labute approximate surface area is 187 Å². The first-order chi connectivity index (χ1) is 15.3. The van der Waals surface area contributed by atoms with Gasteiger partial charge in [0, 0.05) is 25.2 Å². The summed E-state index contributed by atoms with van der Waals surface area (Å²) < 4.78 is 5.13. The van der Waals surface area contributed by atoms with E-state index in [9.17, 15) is 14.4 Å². The van der Waals surface area contributed by atoms with Crippen LogP contribution in [-0.2, 0) is 9.53 Å². The lowest BCUT2D eigenvalue weighted by Crippen LogP contribution is -2.29. The number of amides is 2. The van der Waals surface area contributed by atoms with Crippen LogP contribution in [0.2, 0.25) is 0 Å². The van der Waals surface area contributed by atoms with Gasteiger partial charge in [-0.3, -0.25) is 14.6 Å². The van der Waals surface area contributed by atoms with Crippen LogP contribution >= 0.6 is 0 Å². The van der Waals surface area contributed by atoms with E-state index < -0.39 is 18.5 Å². The molecule has 0 bridgehead atoms. The molecule has 0 aromatic heterocycles. The number of carbonyl (C=O) groups is 3. The Morgan fingerprint density at radius 3 is 2.47 bits per heavy atom. The highest BCUT2D eigenvalue weighted by Gasteiger charge is 2.16. The van der Waals surface area contributed by atoms with Crippen LogP contribution in [0.4, 0.5) is 11.4 Å². The maximum atomic E-state index is 12.4. The third-order valence-electron chi connectivity index (χ3n) is 4.83. The minimum Gasteiger partial charge on any atom is -0.452 e. The zero-order valence-corrected chi connectivity index (χ0v) is 18.6. The van der Waals surface area contributed by atoms with Crippen molar-refractivity contribution in [2.75, 3.05) is 30.0 Å². The van der Waals surface area contributed by atoms with Gasteiger partial charge < -0.3 is 15.4 Å². The number of ether oxygens (including phenoxy) is 1. The van der Waals surface area contributed by atoms with Gasteiger partial charge in [0.15, 0.2) is 6.61 Å². The Hall–Kier alpha value is -3.68. The number of para-hydroxylation sites is 1. The fourth-order valence-electron chi connectivity index (χ4n) is 3.11. The number of benzene rings is 2. The maximum Gasteiger partial charge on any atom is 0.338 e. The number of nitrogens with one attached hydrogen (secondary N) is 2. The third-order valence-corrected chi connectivity index (χ3v) is 4.83. The van der Waals surface area contributed by atoms with E-state index in [1.807, 2.05) is 25.8 Å². The van der Waals surface area contributed by atoms with E-state index in [0.29, 0.717) is 29.3 Å². The molecule has 168 valence electrons. The van der Waals surface area contributed by atoms with Crippen molar-refractivity contribution in [3.05, 3.63) is 59.7 Å². The Bertz CT molecular complexity index is 1010. The molecule has 0 unspecified atom stereocenters. The molecule has 0 saturated heterocycles. The van der Waals surface area contributed by atoms with Gasteiger partial charge >= 0.3 is 5.97 Å².